The van der Waals surface area contributed by atoms with Gasteiger partial charge in [-0.1, -0.05) is 12.1 Å². The second-order valence-electron chi connectivity index (χ2n) is 9.69. The zero-order valence-corrected chi connectivity index (χ0v) is 19.6. The van der Waals surface area contributed by atoms with Gasteiger partial charge in [0.1, 0.15) is 11.6 Å². The molecule has 0 radical (unpaired) electrons. The number of nitrogens with one attached hydrogen (secondary N) is 1. The number of benzene rings is 2. The maximum Gasteiger partial charge on any atom is 0.241 e. The minimum atomic E-state index is -4.22. The van der Waals surface area contributed by atoms with E-state index >= 15 is 4.39 Å². The summed E-state index contributed by atoms with van der Waals surface area (Å²) in [5, 5.41) is 0. The number of hydrogen-bond acceptors (Lipinski definition) is 4. The van der Waals surface area contributed by atoms with Gasteiger partial charge in [-0.15, -0.1) is 0 Å². The van der Waals surface area contributed by atoms with Crippen molar-refractivity contribution in [2.45, 2.75) is 43.9 Å². The van der Waals surface area contributed by atoms with E-state index in [0.717, 1.165) is 43.5 Å². The van der Waals surface area contributed by atoms with Gasteiger partial charge in [0, 0.05) is 48.3 Å². The highest BCUT2D eigenvalue weighted by atomic mass is 32.2. The molecule has 2 aromatic rings. The zero-order chi connectivity index (χ0) is 25.0. The van der Waals surface area contributed by atoms with E-state index < -0.39 is 67.9 Å². The molecule has 1 spiro atoms. The van der Waals surface area contributed by atoms with Crippen molar-refractivity contribution < 1.29 is 35.1 Å². The molecule has 11 heteroatoms. The van der Waals surface area contributed by atoms with E-state index in [4.69, 9.17) is 4.74 Å². The molecule has 0 bridgehead atoms. The number of alkyl halides is 1. The van der Waals surface area contributed by atoms with Crippen LogP contribution in [0.25, 0.3) is 11.1 Å². The average Bonchev–Trinajstić information content (AvgIpc) is 3.51. The van der Waals surface area contributed by atoms with Crippen molar-refractivity contribution >= 4 is 10.0 Å². The lowest BCUT2D eigenvalue weighted by molar-refractivity contribution is -0.0689. The topological polar surface area (TPSA) is 58.6 Å². The Morgan fingerprint density at radius 3 is 2.46 bits per heavy atom. The summed E-state index contributed by atoms with van der Waals surface area (Å²) in [4.78, 5) is 2.00. The lowest BCUT2D eigenvalue weighted by atomic mass is 9.91. The van der Waals surface area contributed by atoms with Crippen LogP contribution in [0.2, 0.25) is 0 Å². The molecule has 35 heavy (non-hydrogen) atoms. The highest BCUT2D eigenvalue weighted by Crippen LogP contribution is 2.55. The van der Waals surface area contributed by atoms with E-state index in [-0.39, 0.29) is 18.1 Å². The molecule has 2 aromatic carbocycles. The highest BCUT2D eigenvalue weighted by Gasteiger charge is 2.60. The summed E-state index contributed by atoms with van der Waals surface area (Å²) in [6.45, 7) is 1.61. The van der Waals surface area contributed by atoms with Gasteiger partial charge in [0.15, 0.2) is 11.6 Å². The molecule has 2 saturated heterocycles. The Bertz CT molecular complexity index is 1230. The van der Waals surface area contributed by atoms with Crippen molar-refractivity contribution in [1.29, 1.82) is 0 Å². The summed E-state index contributed by atoms with van der Waals surface area (Å²) in [5.74, 6) is -4.24. The fourth-order valence-corrected chi connectivity index (χ4v) is 6.22. The van der Waals surface area contributed by atoms with Crippen molar-refractivity contribution in [2.75, 3.05) is 25.7 Å². The lowest BCUT2D eigenvalue weighted by Crippen LogP contribution is -2.50. The van der Waals surface area contributed by atoms with Crippen LogP contribution in [0.4, 0.5) is 22.0 Å². The molecule has 1 unspecified atom stereocenters. The number of ether oxygens (including phenoxy) is 1. The fraction of sp³-hybridized carbons (Fsp3) is 0.500. The third kappa shape index (κ3) is 4.71. The Balaban J connectivity index is 1.52. The van der Waals surface area contributed by atoms with Crippen LogP contribution < -0.4 is 4.72 Å². The van der Waals surface area contributed by atoms with Crippen molar-refractivity contribution in [3.8, 4) is 11.1 Å². The SMILES string of the molecule is O=S(=O)(CF)N[C@@H]1[C@H](Cc2cc(F)cc(-c3cccc(F)c3F)c2F)N(CC2CCO2)CC12CC2. The van der Waals surface area contributed by atoms with E-state index in [1.54, 1.807) is 0 Å². The largest absolute Gasteiger partial charge is 0.377 e. The Hall–Kier alpha value is -2.08. The van der Waals surface area contributed by atoms with E-state index in [1.807, 2.05) is 4.90 Å². The number of halogens is 5. The first-order valence-electron chi connectivity index (χ1n) is 11.5. The average molecular weight is 517 g/mol. The molecule has 2 aliphatic heterocycles. The van der Waals surface area contributed by atoms with Crippen LogP contribution in [0.5, 0.6) is 0 Å². The van der Waals surface area contributed by atoms with Crippen molar-refractivity contribution in [2.24, 2.45) is 5.41 Å². The summed E-state index contributed by atoms with van der Waals surface area (Å²) < 4.78 is 104. The van der Waals surface area contributed by atoms with E-state index in [0.29, 0.717) is 19.7 Å². The smallest absolute Gasteiger partial charge is 0.241 e. The van der Waals surface area contributed by atoms with Gasteiger partial charge in [0.2, 0.25) is 16.0 Å². The molecular weight excluding hydrogens is 491 g/mol. The van der Waals surface area contributed by atoms with Gasteiger partial charge in [-0.3, -0.25) is 4.90 Å². The maximum absolute atomic E-state index is 15.6. The second-order valence-corrected chi connectivity index (χ2v) is 11.4. The third-order valence-electron chi connectivity index (χ3n) is 7.39. The Morgan fingerprint density at radius 2 is 1.83 bits per heavy atom. The third-order valence-corrected chi connectivity index (χ3v) is 8.29. The summed E-state index contributed by atoms with van der Waals surface area (Å²) in [6.07, 6.45) is 2.10. The first kappa shape index (κ1) is 24.6. The van der Waals surface area contributed by atoms with Crippen LogP contribution in [-0.4, -0.2) is 57.2 Å². The number of likely N-dealkylation sites (tertiary alicyclic amines) is 1. The summed E-state index contributed by atoms with van der Waals surface area (Å²) in [6, 6.07) is 2.12. The number of nitrogens with zero attached hydrogens (tertiary/aromatic N) is 1. The predicted molar refractivity (Wildman–Crippen MR) is 119 cm³/mol. The van der Waals surface area contributed by atoms with Crippen LogP contribution in [0.1, 0.15) is 24.8 Å². The molecule has 3 aliphatic rings. The number of sulfonamides is 1. The minimum Gasteiger partial charge on any atom is -0.377 e. The van der Waals surface area contributed by atoms with Gasteiger partial charge in [-0.05, 0) is 49.4 Å². The van der Waals surface area contributed by atoms with E-state index in [1.165, 1.54) is 6.07 Å². The van der Waals surface area contributed by atoms with Crippen LogP contribution in [-0.2, 0) is 21.2 Å². The fourth-order valence-electron chi connectivity index (χ4n) is 5.36. The first-order valence-corrected chi connectivity index (χ1v) is 13.1. The van der Waals surface area contributed by atoms with Gasteiger partial charge >= 0.3 is 0 Å². The molecule has 0 amide bonds. The summed E-state index contributed by atoms with van der Waals surface area (Å²) >= 11 is 0. The number of hydrogen-bond donors (Lipinski definition) is 1. The monoisotopic (exact) mass is 516 g/mol. The lowest BCUT2D eigenvalue weighted by Gasteiger charge is -2.35. The molecule has 5 rings (SSSR count). The summed E-state index contributed by atoms with van der Waals surface area (Å²) in [5.41, 5.74) is -1.36. The maximum atomic E-state index is 15.6. The van der Waals surface area contributed by atoms with Gasteiger partial charge < -0.3 is 4.74 Å². The standard InChI is InChI=1S/C24H25F5N2O3S/c25-13-35(32,33)30-23-20(31(11-16-4-7-34-16)12-24(23)5-6-24)9-14-8-15(26)10-18(21(14)28)17-2-1-3-19(27)22(17)29/h1-3,8,10,16,20,23,30H,4-7,9,11-13H2/t16?,20-,23+/m0/s1. The predicted octanol–water partition coefficient (Wildman–Crippen LogP) is 3.92. The van der Waals surface area contributed by atoms with E-state index in [9.17, 15) is 26.0 Å². The van der Waals surface area contributed by atoms with Crippen LogP contribution in [0.15, 0.2) is 30.3 Å². The van der Waals surface area contributed by atoms with Crippen molar-refractivity contribution in [3.63, 3.8) is 0 Å². The normalized spacial score (nSPS) is 25.7. The van der Waals surface area contributed by atoms with Gasteiger partial charge in [-0.2, -0.15) is 0 Å². The molecule has 190 valence electrons. The first-order chi connectivity index (χ1) is 16.6. The molecule has 1 saturated carbocycles. The van der Waals surface area contributed by atoms with Crippen LogP contribution in [0.3, 0.4) is 0 Å². The van der Waals surface area contributed by atoms with Crippen LogP contribution >= 0.6 is 0 Å². The summed E-state index contributed by atoms with van der Waals surface area (Å²) in [7, 11) is -4.22. The molecular formula is C24H25F5N2O3S. The molecule has 1 aliphatic carbocycles. The highest BCUT2D eigenvalue weighted by molar-refractivity contribution is 7.89. The quantitative estimate of drug-likeness (QED) is 0.541. The Kier molecular flexibility index (Phi) is 6.40. The zero-order valence-electron chi connectivity index (χ0n) is 18.7. The second kappa shape index (κ2) is 9.10. The van der Waals surface area contributed by atoms with Crippen LogP contribution in [0, 0.1) is 28.7 Å². The van der Waals surface area contributed by atoms with Gasteiger partial charge in [0.25, 0.3) is 0 Å². The molecule has 0 aromatic heterocycles. The number of rotatable bonds is 8. The Morgan fingerprint density at radius 1 is 1.09 bits per heavy atom. The molecule has 3 fully saturated rings. The van der Waals surface area contributed by atoms with E-state index in [2.05, 4.69) is 4.72 Å². The molecule has 3 atom stereocenters. The van der Waals surface area contributed by atoms with Crippen molar-refractivity contribution in [1.82, 2.24) is 9.62 Å². The van der Waals surface area contributed by atoms with Gasteiger partial charge in [0.05, 0.1) is 6.10 Å². The molecule has 1 N–H and O–H groups in total. The van der Waals surface area contributed by atoms with Gasteiger partial charge in [-0.25, -0.2) is 35.1 Å². The molecule has 2 heterocycles. The minimum absolute atomic E-state index is 0.0564. The van der Waals surface area contributed by atoms with Crippen molar-refractivity contribution in [3.05, 3.63) is 59.2 Å². The Labute approximate surface area is 200 Å². The molecule has 5 nitrogen and oxygen atoms in total.